The minimum absolute atomic E-state index is 0.392. The lowest BCUT2D eigenvalue weighted by atomic mass is 9.90. The summed E-state index contributed by atoms with van der Waals surface area (Å²) in [5, 5.41) is 0.727. The number of aromatic nitrogens is 1. The highest BCUT2D eigenvalue weighted by Crippen LogP contribution is 2.30. The molecular weight excluding hydrogens is 312 g/mol. The molecule has 0 radical (unpaired) electrons. The molecule has 0 bridgehead atoms. The number of morpholine rings is 1. The van der Waals surface area contributed by atoms with Crippen molar-refractivity contribution in [1.29, 1.82) is 0 Å². The van der Waals surface area contributed by atoms with Crippen molar-refractivity contribution in [2.45, 2.75) is 44.4 Å². The molecule has 1 saturated heterocycles. The molecule has 5 heteroatoms. The van der Waals surface area contributed by atoms with E-state index in [9.17, 15) is 0 Å². The highest BCUT2D eigenvalue weighted by molar-refractivity contribution is 6.30. The Morgan fingerprint density at radius 1 is 1.17 bits per heavy atom. The zero-order valence-corrected chi connectivity index (χ0v) is 13.8. The molecule has 0 amide bonds. The molecular formula is C18H21ClN2O2. The first-order chi connectivity index (χ1) is 11.3. The SMILES string of the molecule is Clc1ccc(-c2cnc(CN3CCOC4CCCCC43)o2)cc1. The van der Waals surface area contributed by atoms with Gasteiger partial charge >= 0.3 is 0 Å². The maximum absolute atomic E-state index is 5.96. The Kier molecular flexibility index (Phi) is 4.38. The molecule has 4 rings (SSSR count). The smallest absolute Gasteiger partial charge is 0.209 e. The molecule has 1 saturated carbocycles. The maximum atomic E-state index is 5.96. The monoisotopic (exact) mass is 332 g/mol. The van der Waals surface area contributed by atoms with Gasteiger partial charge in [-0.3, -0.25) is 4.90 Å². The predicted octanol–water partition coefficient (Wildman–Crippen LogP) is 4.14. The molecule has 4 nitrogen and oxygen atoms in total. The summed E-state index contributed by atoms with van der Waals surface area (Å²) in [6, 6.07) is 8.17. The van der Waals surface area contributed by atoms with Crippen LogP contribution in [0.25, 0.3) is 11.3 Å². The van der Waals surface area contributed by atoms with E-state index in [1.807, 2.05) is 24.3 Å². The third-order valence-electron chi connectivity index (χ3n) is 4.87. The molecule has 1 aromatic carbocycles. The lowest BCUT2D eigenvalue weighted by molar-refractivity contribution is -0.0930. The van der Waals surface area contributed by atoms with Gasteiger partial charge in [0.25, 0.3) is 0 Å². The molecule has 1 aromatic heterocycles. The summed E-state index contributed by atoms with van der Waals surface area (Å²) < 4.78 is 11.9. The molecule has 2 fully saturated rings. The fraction of sp³-hybridized carbons (Fsp3) is 0.500. The summed E-state index contributed by atoms with van der Waals surface area (Å²) in [7, 11) is 0. The van der Waals surface area contributed by atoms with Gasteiger partial charge in [-0.05, 0) is 37.1 Å². The first kappa shape index (κ1) is 15.2. The number of fused-ring (bicyclic) bond motifs is 1. The van der Waals surface area contributed by atoms with Crippen LogP contribution >= 0.6 is 11.6 Å². The van der Waals surface area contributed by atoms with Crippen LogP contribution in [0.1, 0.15) is 31.6 Å². The summed E-state index contributed by atoms with van der Waals surface area (Å²) in [6.45, 7) is 2.53. The van der Waals surface area contributed by atoms with Crippen LogP contribution in [-0.2, 0) is 11.3 Å². The molecule has 2 heterocycles. The van der Waals surface area contributed by atoms with E-state index >= 15 is 0 Å². The third-order valence-corrected chi connectivity index (χ3v) is 5.12. The number of rotatable bonds is 3. The average molecular weight is 333 g/mol. The topological polar surface area (TPSA) is 38.5 Å². The Bertz CT molecular complexity index is 653. The van der Waals surface area contributed by atoms with Crippen molar-refractivity contribution < 1.29 is 9.15 Å². The van der Waals surface area contributed by atoms with E-state index in [-0.39, 0.29) is 0 Å². The van der Waals surface area contributed by atoms with Crippen LogP contribution in [-0.4, -0.2) is 35.2 Å². The molecule has 2 atom stereocenters. The molecule has 0 N–H and O–H groups in total. The minimum Gasteiger partial charge on any atom is -0.439 e. The lowest BCUT2D eigenvalue weighted by Crippen LogP contribution is -2.52. The number of hydrogen-bond acceptors (Lipinski definition) is 4. The maximum Gasteiger partial charge on any atom is 0.209 e. The van der Waals surface area contributed by atoms with Crippen LogP contribution in [0.3, 0.4) is 0 Å². The number of hydrogen-bond donors (Lipinski definition) is 0. The Hall–Kier alpha value is -1.36. The fourth-order valence-corrected chi connectivity index (χ4v) is 3.80. The van der Waals surface area contributed by atoms with Crippen LogP contribution < -0.4 is 0 Å². The van der Waals surface area contributed by atoms with Crippen LogP contribution in [0.4, 0.5) is 0 Å². The van der Waals surface area contributed by atoms with Crippen molar-refractivity contribution in [2.24, 2.45) is 0 Å². The van der Waals surface area contributed by atoms with Crippen molar-refractivity contribution in [1.82, 2.24) is 9.88 Å². The summed E-state index contributed by atoms with van der Waals surface area (Å²) in [4.78, 5) is 6.94. The van der Waals surface area contributed by atoms with E-state index < -0.39 is 0 Å². The number of nitrogens with zero attached hydrogens (tertiary/aromatic N) is 2. The molecule has 23 heavy (non-hydrogen) atoms. The minimum atomic E-state index is 0.392. The van der Waals surface area contributed by atoms with Crippen LogP contribution in [0.15, 0.2) is 34.9 Å². The van der Waals surface area contributed by atoms with E-state index in [4.69, 9.17) is 20.8 Å². The Morgan fingerprint density at radius 3 is 2.87 bits per heavy atom. The first-order valence-electron chi connectivity index (χ1n) is 8.36. The van der Waals surface area contributed by atoms with Crippen molar-refractivity contribution in [3.8, 4) is 11.3 Å². The fourth-order valence-electron chi connectivity index (χ4n) is 3.68. The van der Waals surface area contributed by atoms with Gasteiger partial charge < -0.3 is 9.15 Å². The summed E-state index contributed by atoms with van der Waals surface area (Å²) >= 11 is 5.93. The number of oxazole rings is 1. The number of halogens is 1. The Labute approximate surface area is 141 Å². The van der Waals surface area contributed by atoms with Crippen molar-refractivity contribution in [3.05, 3.63) is 41.4 Å². The van der Waals surface area contributed by atoms with Crippen LogP contribution in [0.5, 0.6) is 0 Å². The van der Waals surface area contributed by atoms with Crippen molar-refractivity contribution in [2.75, 3.05) is 13.2 Å². The third kappa shape index (κ3) is 3.30. The van der Waals surface area contributed by atoms with Gasteiger partial charge in [-0.2, -0.15) is 0 Å². The first-order valence-corrected chi connectivity index (χ1v) is 8.74. The van der Waals surface area contributed by atoms with E-state index in [0.717, 1.165) is 41.9 Å². The zero-order chi connectivity index (χ0) is 15.6. The van der Waals surface area contributed by atoms with E-state index in [1.165, 1.54) is 25.7 Å². The average Bonchev–Trinajstić information content (AvgIpc) is 3.04. The summed E-state index contributed by atoms with van der Waals surface area (Å²) in [5.41, 5.74) is 1.01. The molecule has 122 valence electrons. The molecule has 2 aliphatic rings. The van der Waals surface area contributed by atoms with Gasteiger partial charge in [0, 0.05) is 23.2 Å². The normalized spacial score (nSPS) is 25.3. The van der Waals surface area contributed by atoms with E-state index in [2.05, 4.69) is 9.88 Å². The van der Waals surface area contributed by atoms with Gasteiger partial charge in [0.15, 0.2) is 5.76 Å². The van der Waals surface area contributed by atoms with E-state index in [1.54, 1.807) is 6.20 Å². The summed E-state index contributed by atoms with van der Waals surface area (Å²) in [5.74, 6) is 1.58. The van der Waals surface area contributed by atoms with Gasteiger partial charge in [-0.25, -0.2) is 4.98 Å². The van der Waals surface area contributed by atoms with Crippen LogP contribution in [0, 0.1) is 0 Å². The van der Waals surface area contributed by atoms with Crippen molar-refractivity contribution >= 4 is 11.6 Å². The largest absolute Gasteiger partial charge is 0.439 e. The van der Waals surface area contributed by atoms with Gasteiger partial charge in [0.1, 0.15) is 0 Å². The highest BCUT2D eigenvalue weighted by Gasteiger charge is 2.34. The Balaban J connectivity index is 1.47. The number of benzene rings is 1. The quantitative estimate of drug-likeness (QED) is 0.846. The zero-order valence-electron chi connectivity index (χ0n) is 13.1. The molecule has 2 aromatic rings. The van der Waals surface area contributed by atoms with Gasteiger partial charge in [-0.15, -0.1) is 0 Å². The van der Waals surface area contributed by atoms with Gasteiger partial charge in [-0.1, -0.05) is 24.4 Å². The second-order valence-electron chi connectivity index (χ2n) is 6.36. The lowest BCUT2D eigenvalue weighted by Gasteiger charge is -2.43. The van der Waals surface area contributed by atoms with Gasteiger partial charge in [0.05, 0.1) is 25.5 Å². The van der Waals surface area contributed by atoms with Gasteiger partial charge in [0.2, 0.25) is 5.89 Å². The molecule has 0 spiro atoms. The van der Waals surface area contributed by atoms with Crippen molar-refractivity contribution in [3.63, 3.8) is 0 Å². The standard InChI is InChI=1S/C18H21ClN2O2/c19-14-7-5-13(6-8-14)17-11-20-18(23-17)12-21-9-10-22-16-4-2-1-3-15(16)21/h5-8,11,15-16H,1-4,9-10,12H2. The highest BCUT2D eigenvalue weighted by atomic mass is 35.5. The Morgan fingerprint density at radius 2 is 2.00 bits per heavy atom. The number of ether oxygens (including phenoxy) is 1. The molecule has 2 unspecified atom stereocenters. The predicted molar refractivity (Wildman–Crippen MR) is 89.4 cm³/mol. The molecule has 1 aliphatic heterocycles. The second-order valence-corrected chi connectivity index (χ2v) is 6.79. The van der Waals surface area contributed by atoms with E-state index in [0.29, 0.717) is 12.1 Å². The summed E-state index contributed by atoms with van der Waals surface area (Å²) in [6.07, 6.45) is 7.18. The van der Waals surface area contributed by atoms with Crippen LogP contribution in [0.2, 0.25) is 5.02 Å². The molecule has 1 aliphatic carbocycles. The second kappa shape index (κ2) is 6.63.